The van der Waals surface area contributed by atoms with E-state index in [1.54, 1.807) is 26.0 Å². The van der Waals surface area contributed by atoms with Crippen LogP contribution in [0, 0.1) is 6.92 Å². The normalized spacial score (nSPS) is 11.2. The van der Waals surface area contributed by atoms with E-state index >= 15 is 0 Å². The molecule has 0 fully saturated rings. The van der Waals surface area contributed by atoms with Gasteiger partial charge in [-0.1, -0.05) is 17.7 Å². The summed E-state index contributed by atoms with van der Waals surface area (Å²) in [5.74, 6) is -0.354. The molecular weight excluding hydrogens is 288 g/mol. The molecule has 0 saturated heterocycles. The van der Waals surface area contributed by atoms with E-state index in [0.717, 1.165) is 16.1 Å². The maximum Gasteiger partial charge on any atom is 0.240 e. The van der Waals surface area contributed by atoms with Crippen LogP contribution in [0.1, 0.15) is 12.5 Å². The Morgan fingerprint density at radius 2 is 2.05 bits per heavy atom. The molecule has 0 saturated carbocycles. The molecule has 0 atom stereocenters. The molecule has 106 valence electrons. The first-order valence-corrected chi connectivity index (χ1v) is 7.99. The van der Waals surface area contributed by atoms with Crippen LogP contribution in [0.3, 0.4) is 0 Å². The minimum atomic E-state index is -3.56. The number of likely N-dealkylation sites (N-methyl/N-ethyl adjacent to an activating group) is 1. The maximum absolute atomic E-state index is 11.8. The third-order valence-corrected chi connectivity index (χ3v) is 3.86. The summed E-state index contributed by atoms with van der Waals surface area (Å²) >= 11 is 5.89. The Morgan fingerprint density at radius 1 is 1.42 bits per heavy atom. The third kappa shape index (κ3) is 4.40. The van der Waals surface area contributed by atoms with Crippen LogP contribution in [-0.4, -0.2) is 33.7 Å². The highest BCUT2D eigenvalue weighted by Gasteiger charge is 2.22. The van der Waals surface area contributed by atoms with E-state index in [0.29, 0.717) is 17.3 Å². The van der Waals surface area contributed by atoms with Crippen LogP contribution in [0.5, 0.6) is 0 Å². The van der Waals surface area contributed by atoms with E-state index in [-0.39, 0.29) is 12.5 Å². The van der Waals surface area contributed by atoms with Gasteiger partial charge in [0.25, 0.3) is 0 Å². The molecule has 1 aromatic carbocycles. The minimum Gasteiger partial charge on any atom is -0.355 e. The molecule has 0 aliphatic heterocycles. The van der Waals surface area contributed by atoms with E-state index in [1.165, 1.54) is 6.07 Å². The lowest BCUT2D eigenvalue weighted by Gasteiger charge is -2.23. The number of carbonyl (C=O) groups excluding carboxylic acids is 1. The number of rotatable bonds is 5. The molecular formula is C12H17ClN2O3S. The van der Waals surface area contributed by atoms with Crippen LogP contribution >= 0.6 is 11.6 Å². The predicted molar refractivity (Wildman–Crippen MR) is 77.1 cm³/mol. The number of nitrogens with one attached hydrogen (secondary N) is 1. The first-order valence-electron chi connectivity index (χ1n) is 5.76. The van der Waals surface area contributed by atoms with Crippen LogP contribution in [0.4, 0.5) is 5.69 Å². The summed E-state index contributed by atoms with van der Waals surface area (Å²) in [6.07, 6.45) is 1.06. The Kier molecular flexibility index (Phi) is 5.20. The van der Waals surface area contributed by atoms with Gasteiger partial charge in [-0.15, -0.1) is 0 Å². The fraction of sp³-hybridized carbons (Fsp3) is 0.417. The Labute approximate surface area is 118 Å². The maximum atomic E-state index is 11.8. The van der Waals surface area contributed by atoms with Gasteiger partial charge in [-0.3, -0.25) is 9.10 Å². The molecule has 0 aromatic heterocycles. The molecule has 1 rings (SSSR count). The standard InChI is InChI=1S/C12H17ClN2O3S/c1-4-14-12(16)8-15(19(3,17)18)11-7-10(13)6-5-9(11)2/h5-7H,4,8H2,1-3H3,(H,14,16). The molecule has 0 radical (unpaired) electrons. The Bertz CT molecular complexity index is 572. The van der Waals surface area contributed by atoms with Gasteiger partial charge in [-0.2, -0.15) is 0 Å². The van der Waals surface area contributed by atoms with Crippen molar-refractivity contribution in [2.45, 2.75) is 13.8 Å². The van der Waals surface area contributed by atoms with Crippen molar-refractivity contribution in [3.8, 4) is 0 Å². The van der Waals surface area contributed by atoms with Gasteiger partial charge in [0.05, 0.1) is 11.9 Å². The number of nitrogens with zero attached hydrogens (tertiary/aromatic N) is 1. The summed E-state index contributed by atoms with van der Waals surface area (Å²) in [6, 6.07) is 4.93. The van der Waals surface area contributed by atoms with Gasteiger partial charge < -0.3 is 5.32 Å². The summed E-state index contributed by atoms with van der Waals surface area (Å²) < 4.78 is 24.7. The minimum absolute atomic E-state index is 0.256. The molecule has 5 nitrogen and oxygen atoms in total. The van der Waals surface area contributed by atoms with Crippen molar-refractivity contribution in [2.24, 2.45) is 0 Å². The average Bonchev–Trinajstić information content (AvgIpc) is 2.28. The smallest absolute Gasteiger partial charge is 0.240 e. The highest BCUT2D eigenvalue weighted by atomic mass is 35.5. The fourth-order valence-corrected chi connectivity index (χ4v) is 2.69. The number of amides is 1. The number of carbonyl (C=O) groups is 1. The van der Waals surface area contributed by atoms with E-state index in [2.05, 4.69) is 5.32 Å². The van der Waals surface area contributed by atoms with Gasteiger partial charge in [-0.25, -0.2) is 8.42 Å². The van der Waals surface area contributed by atoms with Crippen molar-refractivity contribution >= 4 is 33.2 Å². The Balaban J connectivity index is 3.18. The summed E-state index contributed by atoms with van der Waals surface area (Å²) in [5.41, 5.74) is 1.15. The van der Waals surface area contributed by atoms with Gasteiger partial charge in [0.1, 0.15) is 6.54 Å². The first kappa shape index (κ1) is 15.8. The second kappa shape index (κ2) is 6.25. The number of halogens is 1. The van der Waals surface area contributed by atoms with Crippen LogP contribution in [0.15, 0.2) is 18.2 Å². The zero-order chi connectivity index (χ0) is 14.6. The lowest BCUT2D eigenvalue weighted by molar-refractivity contribution is -0.119. The Hall–Kier alpha value is -1.27. The average molecular weight is 305 g/mol. The molecule has 0 heterocycles. The Morgan fingerprint density at radius 3 is 2.58 bits per heavy atom. The van der Waals surface area contributed by atoms with Crippen molar-refractivity contribution in [2.75, 3.05) is 23.7 Å². The number of aryl methyl sites for hydroxylation is 1. The van der Waals surface area contributed by atoms with Crippen molar-refractivity contribution in [1.82, 2.24) is 5.32 Å². The van der Waals surface area contributed by atoms with Crippen LogP contribution < -0.4 is 9.62 Å². The molecule has 0 aliphatic carbocycles. The molecule has 1 aromatic rings. The van der Waals surface area contributed by atoms with E-state index < -0.39 is 10.0 Å². The van der Waals surface area contributed by atoms with Crippen molar-refractivity contribution in [1.29, 1.82) is 0 Å². The number of sulfonamides is 1. The van der Waals surface area contributed by atoms with Gasteiger partial charge in [-0.05, 0) is 31.5 Å². The molecule has 19 heavy (non-hydrogen) atoms. The van der Waals surface area contributed by atoms with Crippen molar-refractivity contribution < 1.29 is 13.2 Å². The second-order valence-corrected chi connectivity index (χ2v) is 6.50. The van der Waals surface area contributed by atoms with Crippen molar-refractivity contribution in [3.63, 3.8) is 0 Å². The van der Waals surface area contributed by atoms with E-state index in [4.69, 9.17) is 11.6 Å². The van der Waals surface area contributed by atoms with E-state index in [1.807, 2.05) is 0 Å². The number of anilines is 1. The zero-order valence-electron chi connectivity index (χ0n) is 11.1. The molecule has 0 bridgehead atoms. The zero-order valence-corrected chi connectivity index (χ0v) is 12.7. The molecule has 1 amide bonds. The summed E-state index contributed by atoms with van der Waals surface area (Å²) in [5, 5.41) is 3.00. The number of hydrogen-bond donors (Lipinski definition) is 1. The highest BCUT2D eigenvalue weighted by molar-refractivity contribution is 7.92. The quantitative estimate of drug-likeness (QED) is 0.897. The summed E-state index contributed by atoms with van der Waals surface area (Å²) in [4.78, 5) is 11.6. The lowest BCUT2D eigenvalue weighted by Crippen LogP contribution is -2.40. The molecule has 0 aliphatic rings. The third-order valence-electron chi connectivity index (χ3n) is 2.50. The second-order valence-electron chi connectivity index (χ2n) is 4.15. The summed E-state index contributed by atoms with van der Waals surface area (Å²) in [6.45, 7) is 3.73. The van der Waals surface area contributed by atoms with Crippen LogP contribution in [0.25, 0.3) is 0 Å². The summed E-state index contributed by atoms with van der Waals surface area (Å²) in [7, 11) is -3.56. The largest absolute Gasteiger partial charge is 0.355 e. The number of benzene rings is 1. The lowest BCUT2D eigenvalue weighted by atomic mass is 10.2. The van der Waals surface area contributed by atoms with E-state index in [9.17, 15) is 13.2 Å². The molecule has 0 unspecified atom stereocenters. The predicted octanol–water partition coefficient (Wildman–Crippen LogP) is 1.55. The van der Waals surface area contributed by atoms with Crippen LogP contribution in [0.2, 0.25) is 5.02 Å². The van der Waals surface area contributed by atoms with Gasteiger partial charge in [0.2, 0.25) is 15.9 Å². The first-order chi connectivity index (χ1) is 8.75. The van der Waals surface area contributed by atoms with Crippen LogP contribution in [-0.2, 0) is 14.8 Å². The topological polar surface area (TPSA) is 66.5 Å². The SMILES string of the molecule is CCNC(=O)CN(c1cc(Cl)ccc1C)S(C)(=O)=O. The molecule has 0 spiro atoms. The number of hydrogen-bond acceptors (Lipinski definition) is 3. The molecule has 7 heteroatoms. The monoisotopic (exact) mass is 304 g/mol. The van der Waals surface area contributed by atoms with Gasteiger partial charge >= 0.3 is 0 Å². The molecule has 1 N–H and O–H groups in total. The van der Waals surface area contributed by atoms with Gasteiger partial charge in [0.15, 0.2) is 0 Å². The fourth-order valence-electron chi connectivity index (χ4n) is 1.62. The van der Waals surface area contributed by atoms with Crippen molar-refractivity contribution in [3.05, 3.63) is 28.8 Å². The highest BCUT2D eigenvalue weighted by Crippen LogP contribution is 2.25. The van der Waals surface area contributed by atoms with Gasteiger partial charge in [0, 0.05) is 11.6 Å².